The fourth-order valence-electron chi connectivity index (χ4n) is 6.65. The lowest BCUT2D eigenvalue weighted by Gasteiger charge is -2.52. The second kappa shape index (κ2) is 13.3. The number of piperidine rings is 2. The van der Waals surface area contributed by atoms with E-state index in [4.69, 9.17) is 14.3 Å². The normalized spacial score (nSPS) is 22.7. The van der Waals surface area contributed by atoms with Crippen LogP contribution in [0, 0.1) is 0 Å². The van der Waals surface area contributed by atoms with Crippen molar-refractivity contribution >= 4 is 11.9 Å². The van der Waals surface area contributed by atoms with Gasteiger partial charge in [-0.1, -0.05) is 13.8 Å². The minimum atomic E-state index is -0.465. The molecular formula is C30H55N4O6+. The lowest BCUT2D eigenvalue weighted by molar-refractivity contribution is -0.695. The van der Waals surface area contributed by atoms with Gasteiger partial charge < -0.3 is 19.5 Å². The van der Waals surface area contributed by atoms with E-state index < -0.39 is 11.1 Å². The Hall–Kier alpha value is -2.01. The van der Waals surface area contributed by atoms with Gasteiger partial charge in [0.15, 0.2) is 0 Å². The Balaban J connectivity index is 0.00000274. The molecule has 0 amide bonds. The number of rotatable bonds is 9. The summed E-state index contributed by atoms with van der Waals surface area (Å²) in [6, 6.07) is 0. The number of carbonyl (C=O) groups excluding carboxylic acids is 2. The zero-order valence-electron chi connectivity index (χ0n) is 26.8. The third-order valence-electron chi connectivity index (χ3n) is 7.83. The number of imidazole rings is 1. The van der Waals surface area contributed by atoms with Crippen LogP contribution in [-0.2, 0) is 37.0 Å². The molecule has 0 bridgehead atoms. The first-order valence-electron chi connectivity index (χ1n) is 14.7. The van der Waals surface area contributed by atoms with Gasteiger partial charge in [-0.05, 0) is 55.4 Å². The molecule has 0 unspecified atom stereocenters. The average molecular weight is 568 g/mol. The minimum Gasteiger partial charge on any atom is -0.462 e. The van der Waals surface area contributed by atoms with E-state index in [-0.39, 0.29) is 48.1 Å². The molecule has 40 heavy (non-hydrogen) atoms. The van der Waals surface area contributed by atoms with E-state index >= 15 is 0 Å². The van der Waals surface area contributed by atoms with Gasteiger partial charge in [0.25, 0.3) is 0 Å². The first-order chi connectivity index (χ1) is 18.4. The molecule has 10 nitrogen and oxygen atoms in total. The highest BCUT2D eigenvalue weighted by atomic mass is 16.7. The van der Waals surface area contributed by atoms with Crippen LogP contribution < -0.4 is 4.57 Å². The zero-order valence-corrected chi connectivity index (χ0v) is 26.8. The van der Waals surface area contributed by atoms with Gasteiger partial charge >= 0.3 is 11.9 Å². The van der Waals surface area contributed by atoms with E-state index in [9.17, 15) is 14.8 Å². The van der Waals surface area contributed by atoms with Gasteiger partial charge in [-0.3, -0.25) is 9.59 Å². The maximum absolute atomic E-state index is 12.6. The molecule has 0 radical (unpaired) electrons. The van der Waals surface area contributed by atoms with Crippen LogP contribution in [0.2, 0.25) is 0 Å². The van der Waals surface area contributed by atoms with Crippen molar-refractivity contribution in [1.82, 2.24) is 14.7 Å². The fraction of sp³-hybridized carbons (Fsp3) is 0.833. The number of hydrogen-bond acceptors (Lipinski definition) is 8. The molecule has 1 aromatic heterocycles. The topological polar surface area (TPSA) is 97.4 Å². The van der Waals surface area contributed by atoms with E-state index in [1.54, 1.807) is 7.11 Å². The molecule has 2 aliphatic rings. The van der Waals surface area contributed by atoms with Crippen LogP contribution in [-0.4, -0.2) is 73.3 Å². The second-order valence-electron chi connectivity index (χ2n) is 13.5. The SMILES string of the molecule is CC.CON1C(C)(C)CC(OC(=O)CCn2cc[n+](CCC(=O)OC3CC(C)(C)N(O)C(C)(C)C3)c2)CC1(C)C. The molecule has 0 aromatic carbocycles. The van der Waals surface area contributed by atoms with E-state index in [2.05, 4.69) is 27.7 Å². The third kappa shape index (κ3) is 8.74. The second-order valence-corrected chi connectivity index (χ2v) is 13.5. The molecule has 0 atom stereocenters. The van der Waals surface area contributed by atoms with Crippen LogP contribution in [0.5, 0.6) is 0 Å². The Morgan fingerprint density at radius 3 is 1.75 bits per heavy atom. The summed E-state index contributed by atoms with van der Waals surface area (Å²) in [5.41, 5.74) is -1.41. The highest BCUT2D eigenvalue weighted by Gasteiger charge is 2.48. The standard InChI is InChI=1S/C28H49N4O6.C2H6/c1-25(2)16-21(17-26(3,4)31(25)35)37-23(33)10-12-29-14-15-30(20-29)13-11-24(34)38-22-18-27(5,6)32(36-9)28(7,8)19-22;1-2/h14-15,20-22,35H,10-13,16-19H2,1-9H3;1-2H3/q+1;. The summed E-state index contributed by atoms with van der Waals surface area (Å²) in [7, 11) is 1.69. The minimum absolute atomic E-state index is 0.153. The fourth-order valence-corrected chi connectivity index (χ4v) is 6.65. The van der Waals surface area contributed by atoms with Crippen LogP contribution in [0.25, 0.3) is 0 Å². The molecule has 1 aromatic rings. The Labute approximate surface area is 241 Å². The first kappa shape index (κ1) is 34.2. The molecule has 2 saturated heterocycles. The summed E-state index contributed by atoms with van der Waals surface area (Å²) in [4.78, 5) is 30.8. The van der Waals surface area contributed by atoms with Gasteiger partial charge in [0, 0.05) is 47.8 Å². The van der Waals surface area contributed by atoms with Crippen molar-refractivity contribution < 1.29 is 33.7 Å². The lowest BCUT2D eigenvalue weighted by atomic mass is 9.80. The number of nitrogens with zero attached hydrogens (tertiary/aromatic N) is 4. The summed E-state index contributed by atoms with van der Waals surface area (Å²) in [6.07, 6.45) is 8.41. The Kier molecular flexibility index (Phi) is 11.4. The van der Waals surface area contributed by atoms with Gasteiger partial charge in [-0.2, -0.15) is 10.1 Å². The largest absolute Gasteiger partial charge is 0.462 e. The molecule has 2 aliphatic heterocycles. The first-order valence-corrected chi connectivity index (χ1v) is 14.7. The van der Waals surface area contributed by atoms with Gasteiger partial charge in [0.05, 0.1) is 20.0 Å². The highest BCUT2D eigenvalue weighted by Crippen LogP contribution is 2.40. The van der Waals surface area contributed by atoms with Crippen LogP contribution >= 0.6 is 0 Å². The monoisotopic (exact) mass is 567 g/mol. The molecule has 2 fully saturated rings. The van der Waals surface area contributed by atoms with Crippen molar-refractivity contribution in [3.05, 3.63) is 18.7 Å². The van der Waals surface area contributed by atoms with Gasteiger partial charge in [0.1, 0.15) is 37.7 Å². The van der Waals surface area contributed by atoms with E-state index in [0.29, 0.717) is 38.8 Å². The average Bonchev–Trinajstić information content (AvgIpc) is 3.27. The number of hydrogen-bond donors (Lipinski definition) is 1. The number of aryl methyl sites for hydroxylation is 2. The number of hydroxylamine groups is 4. The maximum atomic E-state index is 12.6. The summed E-state index contributed by atoms with van der Waals surface area (Å²) in [5, 5.41) is 13.8. The molecule has 0 saturated carbocycles. The van der Waals surface area contributed by atoms with Crippen LogP contribution in [0.3, 0.4) is 0 Å². The van der Waals surface area contributed by atoms with E-state index in [1.165, 1.54) is 5.06 Å². The smallest absolute Gasteiger partial charge is 0.310 e. The van der Waals surface area contributed by atoms with Crippen molar-refractivity contribution in [3.63, 3.8) is 0 Å². The Bertz CT molecular complexity index is 951. The van der Waals surface area contributed by atoms with Crippen molar-refractivity contribution in [2.45, 2.75) is 155 Å². The van der Waals surface area contributed by atoms with Crippen molar-refractivity contribution in [1.29, 1.82) is 0 Å². The van der Waals surface area contributed by atoms with Crippen LogP contribution in [0.1, 0.15) is 108 Å². The van der Waals surface area contributed by atoms with Gasteiger partial charge in [0.2, 0.25) is 6.33 Å². The molecule has 1 N–H and O–H groups in total. The van der Waals surface area contributed by atoms with Gasteiger partial charge in [-0.15, -0.1) is 0 Å². The lowest BCUT2D eigenvalue weighted by Crippen LogP contribution is -2.61. The van der Waals surface area contributed by atoms with Crippen molar-refractivity contribution in [2.75, 3.05) is 7.11 Å². The molecular weight excluding hydrogens is 512 g/mol. The predicted molar refractivity (Wildman–Crippen MR) is 152 cm³/mol. The highest BCUT2D eigenvalue weighted by molar-refractivity contribution is 5.69. The van der Waals surface area contributed by atoms with Crippen molar-refractivity contribution in [3.8, 4) is 0 Å². The zero-order chi connectivity index (χ0) is 30.5. The summed E-state index contributed by atoms with van der Waals surface area (Å²) in [5.74, 6) is -0.460. The van der Waals surface area contributed by atoms with E-state index in [0.717, 1.165) is 0 Å². The Morgan fingerprint density at radius 2 is 1.27 bits per heavy atom. The quantitative estimate of drug-likeness (QED) is 0.340. The third-order valence-corrected chi connectivity index (χ3v) is 7.83. The number of aromatic nitrogens is 2. The van der Waals surface area contributed by atoms with Crippen molar-refractivity contribution in [2.24, 2.45) is 0 Å². The summed E-state index contributed by atoms with van der Waals surface area (Å²) >= 11 is 0. The van der Waals surface area contributed by atoms with Gasteiger partial charge in [-0.25, -0.2) is 9.13 Å². The molecule has 230 valence electrons. The molecule has 0 spiro atoms. The molecule has 3 rings (SSSR count). The molecule has 10 heteroatoms. The predicted octanol–water partition coefficient (Wildman–Crippen LogP) is 4.66. The number of carbonyl (C=O) groups is 2. The summed E-state index contributed by atoms with van der Waals surface area (Å²) in [6.45, 7) is 21.2. The van der Waals surface area contributed by atoms with Crippen LogP contribution in [0.4, 0.5) is 0 Å². The summed E-state index contributed by atoms with van der Waals surface area (Å²) < 4.78 is 15.5. The number of esters is 2. The maximum Gasteiger partial charge on any atom is 0.310 e. The molecule has 3 heterocycles. The number of ether oxygens (including phenoxy) is 2. The Morgan fingerprint density at radius 1 is 0.825 bits per heavy atom. The molecule has 0 aliphatic carbocycles. The van der Waals surface area contributed by atoms with Crippen LogP contribution in [0.15, 0.2) is 18.7 Å². The van der Waals surface area contributed by atoms with E-state index in [1.807, 2.05) is 74.5 Å².